The van der Waals surface area contributed by atoms with Crippen LogP contribution in [0.3, 0.4) is 0 Å². The van der Waals surface area contributed by atoms with Crippen LogP contribution in [0.25, 0.3) is 0 Å². The van der Waals surface area contributed by atoms with Crippen molar-refractivity contribution in [2.75, 3.05) is 60.7 Å². The number of ether oxygens (including phenoxy) is 4. The molecule has 0 amide bonds. The molecule has 0 saturated carbocycles. The molecule has 3 rings (SSSR count). The normalized spacial score (nSPS) is 14.8. The van der Waals surface area contributed by atoms with Gasteiger partial charge in [0.15, 0.2) is 11.5 Å². The van der Waals surface area contributed by atoms with E-state index >= 15 is 0 Å². The van der Waals surface area contributed by atoms with E-state index in [1.54, 1.807) is 40.4 Å². The van der Waals surface area contributed by atoms with Crippen LogP contribution in [0.1, 0.15) is 11.1 Å². The zero-order chi connectivity index (χ0) is 23.1. The van der Waals surface area contributed by atoms with E-state index in [4.69, 9.17) is 18.9 Å². The zero-order valence-electron chi connectivity index (χ0n) is 19.1. The Morgan fingerprint density at radius 2 is 1.62 bits per heavy atom. The minimum Gasteiger partial charge on any atom is -0.493 e. The first-order valence-corrected chi connectivity index (χ1v) is 10.6. The second kappa shape index (κ2) is 11.0. The molecule has 32 heavy (non-hydrogen) atoms. The van der Waals surface area contributed by atoms with Crippen molar-refractivity contribution in [2.45, 2.75) is 13.5 Å². The van der Waals surface area contributed by atoms with Gasteiger partial charge in [0.1, 0.15) is 12.4 Å². The highest BCUT2D eigenvalue weighted by Gasteiger charge is 2.21. The molecule has 1 aliphatic heterocycles. The maximum absolute atomic E-state index is 10.9. The van der Waals surface area contributed by atoms with Gasteiger partial charge in [0.05, 0.1) is 26.3 Å². The monoisotopic (exact) mass is 445 g/mol. The lowest BCUT2D eigenvalue weighted by Crippen LogP contribution is -2.47. The summed E-state index contributed by atoms with van der Waals surface area (Å²) in [5.74, 6) is 2.64. The van der Waals surface area contributed by atoms with E-state index in [0.29, 0.717) is 35.2 Å². The van der Waals surface area contributed by atoms with E-state index in [-0.39, 0.29) is 10.6 Å². The predicted octanol–water partition coefficient (Wildman–Crippen LogP) is 3.13. The van der Waals surface area contributed by atoms with E-state index < -0.39 is 0 Å². The Morgan fingerprint density at radius 1 is 0.938 bits per heavy atom. The van der Waals surface area contributed by atoms with Gasteiger partial charge in [0.2, 0.25) is 5.75 Å². The second-order valence-corrected chi connectivity index (χ2v) is 7.67. The summed E-state index contributed by atoms with van der Waals surface area (Å²) >= 11 is 0. The molecule has 174 valence electrons. The number of hydrogen-bond acceptors (Lipinski definition) is 8. The minimum atomic E-state index is -0.379. The Hall–Kier alpha value is -3.04. The maximum Gasteiger partial charge on any atom is 0.272 e. The van der Waals surface area contributed by atoms with Gasteiger partial charge in [-0.1, -0.05) is 6.07 Å². The Kier molecular flexibility index (Phi) is 8.13. The molecular weight excluding hydrogens is 414 g/mol. The first-order valence-electron chi connectivity index (χ1n) is 10.6. The average molecular weight is 446 g/mol. The van der Waals surface area contributed by atoms with Crippen LogP contribution in [0.15, 0.2) is 30.3 Å². The average Bonchev–Trinajstić information content (AvgIpc) is 2.79. The van der Waals surface area contributed by atoms with Crippen LogP contribution < -0.4 is 18.9 Å². The van der Waals surface area contributed by atoms with E-state index in [9.17, 15) is 10.1 Å². The van der Waals surface area contributed by atoms with Crippen molar-refractivity contribution in [3.05, 3.63) is 51.6 Å². The highest BCUT2D eigenvalue weighted by Crippen LogP contribution is 2.40. The van der Waals surface area contributed by atoms with Crippen molar-refractivity contribution in [1.29, 1.82) is 0 Å². The van der Waals surface area contributed by atoms with Crippen LogP contribution in [0.2, 0.25) is 0 Å². The number of nitro benzene ring substituents is 1. The molecule has 9 nitrogen and oxygen atoms in total. The van der Waals surface area contributed by atoms with Gasteiger partial charge < -0.3 is 18.9 Å². The number of piperazine rings is 1. The van der Waals surface area contributed by atoms with Crippen LogP contribution in [-0.2, 0) is 6.54 Å². The van der Waals surface area contributed by atoms with Crippen LogP contribution in [0.5, 0.6) is 23.0 Å². The maximum atomic E-state index is 10.9. The predicted molar refractivity (Wildman–Crippen MR) is 121 cm³/mol. The molecule has 0 atom stereocenters. The summed E-state index contributed by atoms with van der Waals surface area (Å²) < 4.78 is 22.3. The van der Waals surface area contributed by atoms with Crippen LogP contribution in [0, 0.1) is 17.0 Å². The molecule has 0 unspecified atom stereocenters. The molecule has 0 aromatic heterocycles. The molecule has 2 aromatic rings. The molecule has 0 radical (unpaired) electrons. The third-order valence-corrected chi connectivity index (χ3v) is 5.69. The van der Waals surface area contributed by atoms with E-state index in [0.717, 1.165) is 44.8 Å². The first kappa shape index (κ1) is 23.6. The largest absolute Gasteiger partial charge is 0.493 e. The molecule has 1 saturated heterocycles. The number of nitrogens with zero attached hydrogens (tertiary/aromatic N) is 3. The van der Waals surface area contributed by atoms with Gasteiger partial charge in [-0.05, 0) is 25.1 Å². The van der Waals surface area contributed by atoms with Gasteiger partial charge in [-0.15, -0.1) is 0 Å². The Labute approximate surface area is 188 Å². The van der Waals surface area contributed by atoms with Gasteiger partial charge in [-0.3, -0.25) is 19.9 Å². The van der Waals surface area contributed by atoms with Crippen molar-refractivity contribution in [3.63, 3.8) is 0 Å². The molecule has 1 heterocycles. The van der Waals surface area contributed by atoms with Gasteiger partial charge in [0, 0.05) is 56.5 Å². The van der Waals surface area contributed by atoms with Gasteiger partial charge in [-0.2, -0.15) is 0 Å². The van der Waals surface area contributed by atoms with Gasteiger partial charge >= 0.3 is 0 Å². The quantitative estimate of drug-likeness (QED) is 0.407. The highest BCUT2D eigenvalue weighted by atomic mass is 16.6. The topological polar surface area (TPSA) is 86.5 Å². The van der Waals surface area contributed by atoms with Crippen LogP contribution >= 0.6 is 0 Å². The fraction of sp³-hybridized carbons (Fsp3) is 0.478. The number of aryl methyl sites for hydroxylation is 1. The molecule has 0 N–H and O–H groups in total. The van der Waals surface area contributed by atoms with Crippen molar-refractivity contribution >= 4 is 5.69 Å². The summed E-state index contributed by atoms with van der Waals surface area (Å²) in [6, 6.07) is 8.79. The SMILES string of the molecule is COc1ccc(CN2CCN(CCOc3ccc([N+](=O)[O-])c(C)c3)CC2)c(OC)c1OC. The summed E-state index contributed by atoms with van der Waals surface area (Å²) in [5.41, 5.74) is 1.78. The standard InChI is InChI=1S/C23H31N3O6/c1-17-15-19(6-7-20(17)26(27)28)32-14-13-24-9-11-25(12-10-24)16-18-5-8-21(29-2)23(31-4)22(18)30-3/h5-8,15H,9-14,16H2,1-4H3. The number of nitro groups is 1. The van der Waals surface area contributed by atoms with E-state index in [1.807, 2.05) is 12.1 Å². The summed E-state index contributed by atoms with van der Waals surface area (Å²) in [4.78, 5) is 15.3. The number of hydrogen-bond donors (Lipinski definition) is 0. The molecule has 0 spiro atoms. The molecule has 1 aliphatic rings. The van der Waals surface area contributed by atoms with Gasteiger partial charge in [0.25, 0.3) is 5.69 Å². The lowest BCUT2D eigenvalue weighted by molar-refractivity contribution is -0.385. The highest BCUT2D eigenvalue weighted by molar-refractivity contribution is 5.55. The third-order valence-electron chi connectivity index (χ3n) is 5.69. The Morgan fingerprint density at radius 3 is 2.22 bits per heavy atom. The van der Waals surface area contributed by atoms with Gasteiger partial charge in [-0.25, -0.2) is 0 Å². The summed E-state index contributed by atoms with van der Waals surface area (Å²) in [5, 5.41) is 10.9. The van der Waals surface area contributed by atoms with E-state index in [2.05, 4.69) is 9.80 Å². The van der Waals surface area contributed by atoms with Crippen molar-refractivity contribution in [1.82, 2.24) is 9.80 Å². The molecule has 9 heteroatoms. The minimum absolute atomic E-state index is 0.111. The zero-order valence-corrected chi connectivity index (χ0v) is 19.1. The van der Waals surface area contributed by atoms with Crippen LogP contribution in [0.4, 0.5) is 5.69 Å². The van der Waals surface area contributed by atoms with Crippen LogP contribution in [-0.4, -0.2) is 75.4 Å². The molecule has 1 fully saturated rings. The number of rotatable bonds is 10. The molecule has 2 aromatic carbocycles. The van der Waals surface area contributed by atoms with Crippen molar-refractivity contribution in [2.24, 2.45) is 0 Å². The lowest BCUT2D eigenvalue weighted by Gasteiger charge is -2.34. The number of benzene rings is 2. The first-order chi connectivity index (χ1) is 15.5. The molecular formula is C23H31N3O6. The smallest absolute Gasteiger partial charge is 0.272 e. The third kappa shape index (κ3) is 5.60. The fourth-order valence-electron chi connectivity index (χ4n) is 3.91. The van der Waals surface area contributed by atoms with Crippen molar-refractivity contribution in [3.8, 4) is 23.0 Å². The van der Waals surface area contributed by atoms with E-state index in [1.165, 1.54) is 6.07 Å². The summed E-state index contributed by atoms with van der Waals surface area (Å²) in [7, 11) is 4.87. The molecule has 0 bridgehead atoms. The van der Waals surface area contributed by atoms with Crippen molar-refractivity contribution < 1.29 is 23.9 Å². The lowest BCUT2D eigenvalue weighted by atomic mass is 10.1. The Bertz CT molecular complexity index is 928. The summed E-state index contributed by atoms with van der Waals surface area (Å²) in [6.45, 7) is 7.61. The molecule has 0 aliphatic carbocycles. The second-order valence-electron chi connectivity index (χ2n) is 7.67. The number of methoxy groups -OCH3 is 3. The fourth-order valence-corrected chi connectivity index (χ4v) is 3.91. The Balaban J connectivity index is 1.48. The summed E-state index contributed by atoms with van der Waals surface area (Å²) in [6.07, 6.45) is 0.